The Kier molecular flexibility index (Phi) is 6.34. The van der Waals surface area contributed by atoms with E-state index in [-0.39, 0.29) is 5.91 Å². The summed E-state index contributed by atoms with van der Waals surface area (Å²) in [6.45, 7) is 4.23. The third kappa shape index (κ3) is 5.25. The van der Waals surface area contributed by atoms with Gasteiger partial charge >= 0.3 is 0 Å². The van der Waals surface area contributed by atoms with Gasteiger partial charge in [-0.2, -0.15) is 5.10 Å². The molecular weight excluding hydrogens is 366 g/mol. The van der Waals surface area contributed by atoms with Crippen LogP contribution in [-0.4, -0.2) is 22.8 Å². The zero-order valence-electron chi connectivity index (χ0n) is 17.1. The second-order valence-electron chi connectivity index (χ2n) is 6.75. The number of methoxy groups -OCH3 is 1. The number of aromatic nitrogens is 2. The number of aryl methyl sites for hydroxylation is 3. The van der Waals surface area contributed by atoms with E-state index in [0.717, 1.165) is 33.9 Å². The van der Waals surface area contributed by atoms with E-state index >= 15 is 0 Å². The molecule has 0 aliphatic carbocycles. The lowest BCUT2D eigenvalue weighted by atomic mass is 10.1. The molecule has 0 radical (unpaired) electrons. The standard InChI is InChI=1S/C23H25N3O3/c1-16-7-5-6-8-21(16)29-15-19-13-18(9-11-22(19)28-4)10-12-23(27)24-20-14-26(3)25-17(20)2/h5-14H,15H2,1-4H3,(H,24,27)/b12-10+. The van der Waals surface area contributed by atoms with Gasteiger partial charge in [-0.15, -0.1) is 0 Å². The SMILES string of the molecule is COc1ccc(/C=C/C(=O)Nc2cn(C)nc2C)cc1COc1ccccc1C. The van der Waals surface area contributed by atoms with Crippen molar-refractivity contribution in [2.45, 2.75) is 20.5 Å². The maximum Gasteiger partial charge on any atom is 0.248 e. The lowest BCUT2D eigenvalue weighted by Gasteiger charge is -2.12. The highest BCUT2D eigenvalue weighted by Gasteiger charge is 2.08. The Morgan fingerprint density at radius 3 is 2.66 bits per heavy atom. The molecular formula is C23H25N3O3. The van der Waals surface area contributed by atoms with Gasteiger partial charge in [0, 0.05) is 24.9 Å². The largest absolute Gasteiger partial charge is 0.496 e. The molecule has 29 heavy (non-hydrogen) atoms. The number of nitrogens with one attached hydrogen (secondary N) is 1. The van der Waals surface area contributed by atoms with E-state index in [1.165, 1.54) is 6.08 Å². The molecule has 0 aliphatic heterocycles. The summed E-state index contributed by atoms with van der Waals surface area (Å²) in [6.07, 6.45) is 5.04. The smallest absolute Gasteiger partial charge is 0.248 e. The first kappa shape index (κ1) is 20.2. The van der Waals surface area contributed by atoms with E-state index in [9.17, 15) is 4.79 Å². The summed E-state index contributed by atoms with van der Waals surface area (Å²) >= 11 is 0. The van der Waals surface area contributed by atoms with Crippen molar-refractivity contribution in [3.05, 3.63) is 77.1 Å². The zero-order valence-corrected chi connectivity index (χ0v) is 17.1. The van der Waals surface area contributed by atoms with Crippen LogP contribution < -0.4 is 14.8 Å². The summed E-state index contributed by atoms with van der Waals surface area (Å²) in [5.74, 6) is 1.36. The Bertz CT molecular complexity index is 1040. The minimum absolute atomic E-state index is 0.213. The third-order valence-electron chi connectivity index (χ3n) is 4.48. The number of hydrogen-bond acceptors (Lipinski definition) is 4. The number of hydrogen-bond donors (Lipinski definition) is 1. The average molecular weight is 391 g/mol. The van der Waals surface area contributed by atoms with Crippen molar-refractivity contribution in [1.82, 2.24) is 9.78 Å². The second kappa shape index (κ2) is 9.10. The van der Waals surface area contributed by atoms with Crippen LogP contribution in [0.5, 0.6) is 11.5 Å². The minimum atomic E-state index is -0.213. The number of para-hydroxylation sites is 1. The molecule has 0 saturated carbocycles. The molecule has 1 N–H and O–H groups in total. The Labute approximate surface area is 170 Å². The highest BCUT2D eigenvalue weighted by Crippen LogP contribution is 2.24. The third-order valence-corrected chi connectivity index (χ3v) is 4.48. The lowest BCUT2D eigenvalue weighted by molar-refractivity contribution is -0.111. The van der Waals surface area contributed by atoms with Gasteiger partial charge in [0.05, 0.1) is 18.5 Å². The maximum absolute atomic E-state index is 12.2. The number of ether oxygens (including phenoxy) is 2. The summed E-state index contributed by atoms with van der Waals surface area (Å²) in [5.41, 5.74) is 4.33. The summed E-state index contributed by atoms with van der Waals surface area (Å²) in [5, 5.41) is 7.05. The fraction of sp³-hybridized carbons (Fsp3) is 0.217. The first-order valence-electron chi connectivity index (χ1n) is 9.31. The van der Waals surface area contributed by atoms with E-state index in [0.29, 0.717) is 12.3 Å². The van der Waals surface area contributed by atoms with E-state index in [4.69, 9.17) is 9.47 Å². The van der Waals surface area contributed by atoms with Crippen molar-refractivity contribution in [2.24, 2.45) is 7.05 Å². The molecule has 0 unspecified atom stereocenters. The van der Waals surface area contributed by atoms with Crippen molar-refractivity contribution in [1.29, 1.82) is 0 Å². The summed E-state index contributed by atoms with van der Waals surface area (Å²) in [6, 6.07) is 13.6. The molecule has 1 amide bonds. The van der Waals surface area contributed by atoms with Crippen LogP contribution in [0.2, 0.25) is 0 Å². The van der Waals surface area contributed by atoms with Crippen molar-refractivity contribution in [2.75, 3.05) is 12.4 Å². The predicted molar refractivity (Wildman–Crippen MR) is 114 cm³/mol. The van der Waals surface area contributed by atoms with Crippen LogP contribution in [-0.2, 0) is 18.4 Å². The van der Waals surface area contributed by atoms with Gasteiger partial charge in [0.2, 0.25) is 5.91 Å². The number of carbonyl (C=O) groups excluding carboxylic acids is 1. The lowest BCUT2D eigenvalue weighted by Crippen LogP contribution is -2.08. The van der Waals surface area contributed by atoms with Gasteiger partial charge in [-0.25, -0.2) is 0 Å². The number of benzene rings is 2. The molecule has 0 spiro atoms. The number of nitrogens with zero attached hydrogens (tertiary/aromatic N) is 2. The van der Waals surface area contributed by atoms with E-state index < -0.39 is 0 Å². The summed E-state index contributed by atoms with van der Waals surface area (Å²) in [4.78, 5) is 12.2. The van der Waals surface area contributed by atoms with E-state index in [1.807, 2.05) is 63.4 Å². The molecule has 3 rings (SSSR count). The number of rotatable bonds is 7. The van der Waals surface area contributed by atoms with Crippen LogP contribution in [0.3, 0.4) is 0 Å². The first-order chi connectivity index (χ1) is 14.0. The van der Waals surface area contributed by atoms with Gasteiger partial charge < -0.3 is 14.8 Å². The monoisotopic (exact) mass is 391 g/mol. The van der Waals surface area contributed by atoms with Crippen LogP contribution in [0, 0.1) is 13.8 Å². The van der Waals surface area contributed by atoms with Gasteiger partial charge in [-0.05, 0) is 49.2 Å². The quantitative estimate of drug-likeness (QED) is 0.611. The Hall–Kier alpha value is -3.54. The zero-order chi connectivity index (χ0) is 20.8. The highest BCUT2D eigenvalue weighted by molar-refractivity contribution is 6.02. The van der Waals surface area contributed by atoms with Crippen LogP contribution in [0.25, 0.3) is 6.08 Å². The van der Waals surface area contributed by atoms with Crippen molar-refractivity contribution >= 4 is 17.7 Å². The fourth-order valence-corrected chi connectivity index (χ4v) is 2.96. The van der Waals surface area contributed by atoms with Crippen LogP contribution in [0.1, 0.15) is 22.4 Å². The minimum Gasteiger partial charge on any atom is -0.496 e. The van der Waals surface area contributed by atoms with E-state index in [1.54, 1.807) is 24.1 Å². The molecule has 0 atom stereocenters. The molecule has 6 nitrogen and oxygen atoms in total. The maximum atomic E-state index is 12.2. The second-order valence-corrected chi connectivity index (χ2v) is 6.75. The molecule has 3 aromatic rings. The number of amides is 1. The van der Waals surface area contributed by atoms with Crippen molar-refractivity contribution in [3.63, 3.8) is 0 Å². The van der Waals surface area contributed by atoms with Gasteiger partial charge in [0.25, 0.3) is 0 Å². The molecule has 1 heterocycles. The normalized spacial score (nSPS) is 10.9. The molecule has 6 heteroatoms. The topological polar surface area (TPSA) is 65.4 Å². The van der Waals surface area contributed by atoms with E-state index in [2.05, 4.69) is 10.4 Å². The summed E-state index contributed by atoms with van der Waals surface area (Å²) in [7, 11) is 3.45. The highest BCUT2D eigenvalue weighted by atomic mass is 16.5. The van der Waals surface area contributed by atoms with Crippen molar-refractivity contribution < 1.29 is 14.3 Å². The molecule has 2 aromatic carbocycles. The Balaban J connectivity index is 1.70. The molecule has 150 valence electrons. The van der Waals surface area contributed by atoms with Gasteiger partial charge in [-0.3, -0.25) is 9.48 Å². The van der Waals surface area contributed by atoms with Gasteiger partial charge in [-0.1, -0.05) is 24.3 Å². The predicted octanol–water partition coefficient (Wildman–Crippen LogP) is 4.28. The van der Waals surface area contributed by atoms with Crippen LogP contribution >= 0.6 is 0 Å². The molecule has 1 aromatic heterocycles. The van der Waals surface area contributed by atoms with Crippen molar-refractivity contribution in [3.8, 4) is 11.5 Å². The van der Waals surface area contributed by atoms with Crippen LogP contribution in [0.4, 0.5) is 5.69 Å². The number of anilines is 1. The molecule has 0 aliphatic rings. The Morgan fingerprint density at radius 2 is 1.97 bits per heavy atom. The summed E-state index contributed by atoms with van der Waals surface area (Å²) < 4.78 is 13.1. The Morgan fingerprint density at radius 1 is 1.17 bits per heavy atom. The molecule has 0 fully saturated rings. The van der Waals surface area contributed by atoms with Gasteiger partial charge in [0.1, 0.15) is 18.1 Å². The van der Waals surface area contributed by atoms with Gasteiger partial charge in [0.15, 0.2) is 0 Å². The average Bonchev–Trinajstić information content (AvgIpc) is 3.02. The first-order valence-corrected chi connectivity index (χ1v) is 9.31. The fourth-order valence-electron chi connectivity index (χ4n) is 2.96. The number of carbonyl (C=O) groups is 1. The molecule has 0 saturated heterocycles. The molecule has 0 bridgehead atoms. The van der Waals surface area contributed by atoms with Crippen LogP contribution in [0.15, 0.2) is 54.7 Å².